The number of furan rings is 1. The smallest absolute Gasteiger partial charge is 0.244 e. The predicted molar refractivity (Wildman–Crippen MR) is 105 cm³/mol. The molecule has 1 atom stereocenters. The molecule has 8 heteroatoms. The summed E-state index contributed by atoms with van der Waals surface area (Å²) in [5, 5.41) is 5.59. The maximum atomic E-state index is 12.6. The van der Waals surface area contributed by atoms with Crippen LogP contribution in [0.25, 0.3) is 0 Å². The summed E-state index contributed by atoms with van der Waals surface area (Å²) in [5.74, 6) is 0.0373. The first-order valence-electron chi connectivity index (χ1n) is 9.11. The molecule has 0 radical (unpaired) electrons. The van der Waals surface area contributed by atoms with Crippen LogP contribution in [0.3, 0.4) is 0 Å². The number of benzene rings is 1. The molecule has 3 amide bonds. The topological polar surface area (TPSA) is 94.9 Å². The monoisotopic (exact) mass is 384 g/mol. The predicted octanol–water partition coefficient (Wildman–Crippen LogP) is 1.76. The van der Waals surface area contributed by atoms with Crippen LogP contribution in [0.15, 0.2) is 47.1 Å². The number of fused-ring (bicyclic) bond motifs is 1. The number of carbonyl (C=O) groups excluding carboxylic acids is 3. The Labute approximate surface area is 163 Å². The zero-order valence-electron chi connectivity index (χ0n) is 16.0. The summed E-state index contributed by atoms with van der Waals surface area (Å²) in [5.41, 5.74) is 1.25. The molecule has 1 aromatic carbocycles. The first-order chi connectivity index (χ1) is 13.5. The average molecular weight is 384 g/mol. The van der Waals surface area contributed by atoms with Crippen molar-refractivity contribution in [3.05, 3.63) is 48.4 Å². The van der Waals surface area contributed by atoms with Gasteiger partial charge < -0.3 is 20.0 Å². The van der Waals surface area contributed by atoms with E-state index in [-0.39, 0.29) is 43.1 Å². The molecular formula is C20H24N4O4. The van der Waals surface area contributed by atoms with Gasteiger partial charge >= 0.3 is 0 Å². The van der Waals surface area contributed by atoms with Crippen molar-refractivity contribution in [3.8, 4) is 0 Å². The van der Waals surface area contributed by atoms with Crippen LogP contribution in [-0.2, 0) is 14.4 Å². The van der Waals surface area contributed by atoms with Crippen molar-refractivity contribution in [2.45, 2.75) is 18.9 Å². The van der Waals surface area contributed by atoms with E-state index in [2.05, 4.69) is 10.6 Å². The molecule has 2 aromatic rings. The van der Waals surface area contributed by atoms with Gasteiger partial charge in [-0.05, 0) is 38.4 Å². The number of hydrogen-bond donors (Lipinski definition) is 2. The Morgan fingerprint density at radius 3 is 2.71 bits per heavy atom. The molecule has 0 bridgehead atoms. The molecule has 0 aliphatic carbocycles. The second-order valence-corrected chi connectivity index (χ2v) is 6.84. The minimum Gasteiger partial charge on any atom is -0.468 e. The van der Waals surface area contributed by atoms with Gasteiger partial charge in [0.2, 0.25) is 17.7 Å². The van der Waals surface area contributed by atoms with Gasteiger partial charge in [-0.15, -0.1) is 0 Å². The minimum absolute atomic E-state index is 0.0286. The molecule has 1 aromatic heterocycles. The fourth-order valence-electron chi connectivity index (χ4n) is 3.13. The molecule has 28 heavy (non-hydrogen) atoms. The molecule has 8 nitrogen and oxygen atoms in total. The SMILES string of the molecule is CN(C)C(CNC(=O)CCC(=O)N1CC(=O)Nc2ccccc21)c1ccco1. The van der Waals surface area contributed by atoms with Gasteiger partial charge in [-0.3, -0.25) is 19.3 Å². The number of hydrogen-bond acceptors (Lipinski definition) is 5. The number of rotatable bonds is 7. The number of nitrogens with zero attached hydrogens (tertiary/aromatic N) is 2. The van der Waals surface area contributed by atoms with Crippen LogP contribution in [0.4, 0.5) is 11.4 Å². The van der Waals surface area contributed by atoms with Crippen LogP contribution < -0.4 is 15.5 Å². The number of amides is 3. The highest BCUT2D eigenvalue weighted by molar-refractivity contribution is 6.10. The molecule has 0 saturated heterocycles. The zero-order valence-corrected chi connectivity index (χ0v) is 16.0. The Morgan fingerprint density at radius 1 is 1.21 bits per heavy atom. The summed E-state index contributed by atoms with van der Waals surface area (Å²) in [4.78, 5) is 40.0. The molecular weight excluding hydrogens is 360 g/mol. The van der Waals surface area contributed by atoms with E-state index >= 15 is 0 Å². The third kappa shape index (κ3) is 4.58. The van der Waals surface area contributed by atoms with Crippen LogP contribution in [0.5, 0.6) is 0 Å². The first kappa shape index (κ1) is 19.6. The van der Waals surface area contributed by atoms with Crippen LogP contribution >= 0.6 is 0 Å². The van der Waals surface area contributed by atoms with Gasteiger partial charge in [-0.2, -0.15) is 0 Å². The van der Waals surface area contributed by atoms with Gasteiger partial charge in [0.25, 0.3) is 0 Å². The van der Waals surface area contributed by atoms with E-state index in [9.17, 15) is 14.4 Å². The van der Waals surface area contributed by atoms with Crippen LogP contribution in [-0.4, -0.2) is 49.8 Å². The molecule has 1 aliphatic rings. The molecule has 3 rings (SSSR count). The van der Waals surface area contributed by atoms with E-state index in [4.69, 9.17) is 4.42 Å². The van der Waals surface area contributed by atoms with Gasteiger partial charge in [0.05, 0.1) is 23.7 Å². The lowest BCUT2D eigenvalue weighted by atomic mass is 10.1. The van der Waals surface area contributed by atoms with Crippen molar-refractivity contribution < 1.29 is 18.8 Å². The lowest BCUT2D eigenvalue weighted by molar-refractivity contribution is -0.125. The molecule has 148 valence electrons. The Kier molecular flexibility index (Phi) is 6.10. The maximum absolute atomic E-state index is 12.6. The number of para-hydroxylation sites is 2. The Bertz CT molecular complexity index is 848. The van der Waals surface area contributed by atoms with E-state index in [1.807, 2.05) is 25.1 Å². The first-order valence-corrected chi connectivity index (χ1v) is 9.11. The summed E-state index contributed by atoms with van der Waals surface area (Å²) >= 11 is 0. The molecule has 2 N–H and O–H groups in total. The molecule has 0 spiro atoms. The fraction of sp³-hybridized carbons (Fsp3) is 0.350. The highest BCUT2D eigenvalue weighted by Crippen LogP contribution is 2.29. The number of likely N-dealkylation sites (N-methyl/N-ethyl adjacent to an activating group) is 1. The van der Waals surface area contributed by atoms with Gasteiger partial charge in [0.15, 0.2) is 0 Å². The quantitative estimate of drug-likeness (QED) is 0.759. The lowest BCUT2D eigenvalue weighted by Crippen LogP contribution is -2.42. The van der Waals surface area contributed by atoms with E-state index in [1.165, 1.54) is 4.90 Å². The fourth-order valence-corrected chi connectivity index (χ4v) is 3.13. The summed E-state index contributed by atoms with van der Waals surface area (Å²) in [6, 6.07) is 10.7. The number of nitrogens with one attached hydrogen (secondary N) is 2. The molecule has 0 fully saturated rings. The van der Waals surface area contributed by atoms with E-state index in [0.29, 0.717) is 17.9 Å². The Morgan fingerprint density at radius 2 is 2.00 bits per heavy atom. The minimum atomic E-state index is -0.257. The van der Waals surface area contributed by atoms with Crippen molar-refractivity contribution in [1.82, 2.24) is 10.2 Å². The van der Waals surface area contributed by atoms with Crippen LogP contribution in [0, 0.1) is 0 Å². The zero-order chi connectivity index (χ0) is 20.1. The van der Waals surface area contributed by atoms with Crippen molar-refractivity contribution >= 4 is 29.1 Å². The highest BCUT2D eigenvalue weighted by Gasteiger charge is 2.26. The Hall–Kier alpha value is -3.13. The van der Waals surface area contributed by atoms with Crippen molar-refractivity contribution in [1.29, 1.82) is 0 Å². The Balaban J connectivity index is 1.53. The maximum Gasteiger partial charge on any atom is 0.244 e. The third-order valence-corrected chi connectivity index (χ3v) is 4.63. The summed E-state index contributed by atoms with van der Waals surface area (Å²) < 4.78 is 5.42. The van der Waals surface area contributed by atoms with Crippen LogP contribution in [0.2, 0.25) is 0 Å². The van der Waals surface area contributed by atoms with E-state index in [0.717, 1.165) is 5.76 Å². The number of anilines is 2. The third-order valence-electron chi connectivity index (χ3n) is 4.63. The normalized spacial score (nSPS) is 14.4. The molecule has 1 unspecified atom stereocenters. The van der Waals surface area contributed by atoms with Gasteiger partial charge in [0.1, 0.15) is 12.3 Å². The van der Waals surface area contributed by atoms with Crippen molar-refractivity contribution in [2.24, 2.45) is 0 Å². The molecule has 0 saturated carbocycles. The second kappa shape index (κ2) is 8.71. The second-order valence-electron chi connectivity index (χ2n) is 6.84. The summed E-state index contributed by atoms with van der Waals surface area (Å²) in [7, 11) is 3.81. The van der Waals surface area contributed by atoms with Gasteiger partial charge in [0, 0.05) is 19.4 Å². The van der Waals surface area contributed by atoms with Crippen molar-refractivity contribution in [2.75, 3.05) is 37.4 Å². The largest absolute Gasteiger partial charge is 0.468 e. The van der Waals surface area contributed by atoms with E-state index < -0.39 is 0 Å². The van der Waals surface area contributed by atoms with Gasteiger partial charge in [-0.1, -0.05) is 12.1 Å². The number of carbonyl (C=O) groups is 3. The summed E-state index contributed by atoms with van der Waals surface area (Å²) in [6.45, 7) is 0.334. The highest BCUT2D eigenvalue weighted by atomic mass is 16.3. The van der Waals surface area contributed by atoms with E-state index in [1.54, 1.807) is 36.6 Å². The molecule has 1 aliphatic heterocycles. The average Bonchev–Trinajstić information content (AvgIpc) is 3.19. The van der Waals surface area contributed by atoms with Crippen molar-refractivity contribution in [3.63, 3.8) is 0 Å². The van der Waals surface area contributed by atoms with Gasteiger partial charge in [-0.25, -0.2) is 0 Å². The molecule has 2 heterocycles. The standard InChI is InChI=1S/C20H24N4O4/c1-23(2)16(17-8-5-11-28-17)12-21-18(25)9-10-20(27)24-13-19(26)22-14-6-3-4-7-15(14)24/h3-8,11,16H,9-10,12-13H2,1-2H3,(H,21,25)(H,22,26). The summed E-state index contributed by atoms with van der Waals surface area (Å²) in [6.07, 6.45) is 1.68. The lowest BCUT2D eigenvalue weighted by Gasteiger charge is -2.29. The van der Waals surface area contributed by atoms with Crippen LogP contribution in [0.1, 0.15) is 24.6 Å².